The predicted octanol–water partition coefficient (Wildman–Crippen LogP) is 3.15. The van der Waals surface area contributed by atoms with Gasteiger partial charge in [-0.2, -0.15) is 0 Å². The number of hydrogen-bond acceptors (Lipinski definition) is 2. The molecular formula is C17H19FN2. The molecule has 3 heteroatoms. The van der Waals surface area contributed by atoms with E-state index in [1.54, 1.807) is 12.1 Å². The van der Waals surface area contributed by atoms with E-state index in [1.807, 2.05) is 6.07 Å². The normalized spacial score (nSPS) is 18.4. The summed E-state index contributed by atoms with van der Waals surface area (Å²) in [5, 5.41) is 7.00. The molecule has 1 unspecified atom stereocenters. The van der Waals surface area contributed by atoms with Gasteiger partial charge < -0.3 is 10.6 Å². The second-order valence-electron chi connectivity index (χ2n) is 5.23. The maximum atomic E-state index is 13.2. The number of nitrogens with one attached hydrogen (secondary N) is 2. The highest BCUT2D eigenvalue weighted by molar-refractivity contribution is 5.31. The van der Waals surface area contributed by atoms with Gasteiger partial charge in [0.05, 0.1) is 0 Å². The van der Waals surface area contributed by atoms with Gasteiger partial charge in [-0.15, -0.1) is 0 Å². The lowest BCUT2D eigenvalue weighted by Crippen LogP contribution is -2.22. The van der Waals surface area contributed by atoms with Crippen LogP contribution in [0.5, 0.6) is 0 Å². The van der Waals surface area contributed by atoms with Gasteiger partial charge in [-0.05, 0) is 41.8 Å². The van der Waals surface area contributed by atoms with Crippen molar-refractivity contribution >= 4 is 0 Å². The highest BCUT2D eigenvalue weighted by Gasteiger charge is 2.17. The molecule has 104 valence electrons. The summed E-state index contributed by atoms with van der Waals surface area (Å²) >= 11 is 0. The molecule has 1 heterocycles. The highest BCUT2D eigenvalue weighted by Crippen LogP contribution is 2.23. The van der Waals surface area contributed by atoms with E-state index >= 15 is 0 Å². The first-order valence-electron chi connectivity index (χ1n) is 7.09. The zero-order valence-corrected chi connectivity index (χ0v) is 11.4. The minimum atomic E-state index is -0.174. The molecule has 2 nitrogen and oxygen atoms in total. The van der Waals surface area contributed by atoms with Crippen LogP contribution in [0.25, 0.3) is 0 Å². The summed E-state index contributed by atoms with van der Waals surface area (Å²) in [5.74, 6) is -0.174. The van der Waals surface area contributed by atoms with Crippen LogP contribution in [0, 0.1) is 5.82 Å². The van der Waals surface area contributed by atoms with Crippen molar-refractivity contribution in [3.05, 3.63) is 71.0 Å². The average molecular weight is 270 g/mol. The number of hydrogen-bond donors (Lipinski definition) is 2. The molecule has 1 atom stereocenters. The number of benzene rings is 2. The van der Waals surface area contributed by atoms with Crippen molar-refractivity contribution in [2.24, 2.45) is 0 Å². The van der Waals surface area contributed by atoms with Crippen LogP contribution in [0.15, 0.2) is 48.5 Å². The van der Waals surface area contributed by atoms with Crippen molar-refractivity contribution in [1.82, 2.24) is 10.6 Å². The Labute approximate surface area is 119 Å². The molecule has 0 saturated heterocycles. The summed E-state index contributed by atoms with van der Waals surface area (Å²) in [6.45, 7) is 2.61. The third kappa shape index (κ3) is 3.06. The standard InChI is InChI=1S/C17H19FN2/c18-15-6-3-4-13(10-15)11-20-17-8-9-19-12-14-5-1-2-7-16(14)17/h1-7,10,17,19-20H,8-9,11-12H2. The second kappa shape index (κ2) is 6.16. The van der Waals surface area contributed by atoms with E-state index in [1.165, 1.54) is 17.2 Å². The van der Waals surface area contributed by atoms with Gasteiger partial charge in [0.2, 0.25) is 0 Å². The third-order valence-corrected chi connectivity index (χ3v) is 3.80. The van der Waals surface area contributed by atoms with Gasteiger partial charge in [0.15, 0.2) is 0 Å². The quantitative estimate of drug-likeness (QED) is 0.895. The second-order valence-corrected chi connectivity index (χ2v) is 5.23. The average Bonchev–Trinajstić information content (AvgIpc) is 2.67. The minimum Gasteiger partial charge on any atom is -0.313 e. The van der Waals surface area contributed by atoms with E-state index in [9.17, 15) is 4.39 Å². The summed E-state index contributed by atoms with van der Waals surface area (Å²) < 4.78 is 13.2. The van der Waals surface area contributed by atoms with Gasteiger partial charge in [0.25, 0.3) is 0 Å². The van der Waals surface area contributed by atoms with Crippen LogP contribution in [-0.2, 0) is 13.1 Å². The van der Waals surface area contributed by atoms with Crippen LogP contribution in [0.4, 0.5) is 4.39 Å². The zero-order chi connectivity index (χ0) is 13.8. The third-order valence-electron chi connectivity index (χ3n) is 3.80. The Morgan fingerprint density at radius 2 is 2.05 bits per heavy atom. The summed E-state index contributed by atoms with van der Waals surface area (Å²) in [5.41, 5.74) is 3.69. The van der Waals surface area contributed by atoms with Gasteiger partial charge in [-0.1, -0.05) is 36.4 Å². The minimum absolute atomic E-state index is 0.174. The van der Waals surface area contributed by atoms with Crippen molar-refractivity contribution in [3.8, 4) is 0 Å². The lowest BCUT2D eigenvalue weighted by molar-refractivity contribution is 0.494. The molecule has 1 aliphatic heterocycles. The first kappa shape index (κ1) is 13.3. The van der Waals surface area contributed by atoms with Crippen LogP contribution in [-0.4, -0.2) is 6.54 Å². The Morgan fingerprint density at radius 3 is 2.95 bits per heavy atom. The van der Waals surface area contributed by atoms with E-state index in [0.717, 1.165) is 25.1 Å². The fourth-order valence-electron chi connectivity index (χ4n) is 2.76. The molecule has 1 aliphatic rings. The molecular weight excluding hydrogens is 251 g/mol. The first-order valence-corrected chi connectivity index (χ1v) is 7.09. The zero-order valence-electron chi connectivity index (χ0n) is 11.4. The Morgan fingerprint density at radius 1 is 1.15 bits per heavy atom. The van der Waals surface area contributed by atoms with E-state index in [-0.39, 0.29) is 5.82 Å². The maximum absolute atomic E-state index is 13.2. The molecule has 0 aromatic heterocycles. The van der Waals surface area contributed by atoms with Crippen LogP contribution in [0.3, 0.4) is 0 Å². The Hall–Kier alpha value is -1.71. The van der Waals surface area contributed by atoms with Crippen molar-refractivity contribution in [2.75, 3.05) is 6.54 Å². The molecule has 3 rings (SSSR count). The summed E-state index contributed by atoms with van der Waals surface area (Å²) in [7, 11) is 0. The molecule has 2 aromatic carbocycles. The first-order chi connectivity index (χ1) is 9.83. The smallest absolute Gasteiger partial charge is 0.123 e. The molecule has 0 fully saturated rings. The molecule has 0 amide bonds. The number of rotatable bonds is 3. The van der Waals surface area contributed by atoms with Crippen molar-refractivity contribution in [3.63, 3.8) is 0 Å². The predicted molar refractivity (Wildman–Crippen MR) is 78.7 cm³/mol. The topological polar surface area (TPSA) is 24.1 Å². The molecule has 2 aromatic rings. The lowest BCUT2D eigenvalue weighted by Gasteiger charge is -2.19. The molecule has 2 N–H and O–H groups in total. The van der Waals surface area contributed by atoms with Gasteiger partial charge >= 0.3 is 0 Å². The maximum Gasteiger partial charge on any atom is 0.123 e. The fraction of sp³-hybridized carbons (Fsp3) is 0.294. The fourth-order valence-corrected chi connectivity index (χ4v) is 2.76. The van der Waals surface area contributed by atoms with E-state index < -0.39 is 0 Å². The summed E-state index contributed by atoms with van der Waals surface area (Å²) in [6.07, 6.45) is 1.05. The highest BCUT2D eigenvalue weighted by atomic mass is 19.1. The van der Waals surface area contributed by atoms with E-state index in [4.69, 9.17) is 0 Å². The largest absolute Gasteiger partial charge is 0.313 e. The molecule has 0 radical (unpaired) electrons. The van der Waals surface area contributed by atoms with E-state index in [0.29, 0.717) is 12.6 Å². The molecule has 20 heavy (non-hydrogen) atoms. The Balaban J connectivity index is 1.74. The van der Waals surface area contributed by atoms with Crippen molar-refractivity contribution in [2.45, 2.75) is 25.6 Å². The Bertz CT molecular complexity index is 583. The van der Waals surface area contributed by atoms with Crippen LogP contribution in [0.2, 0.25) is 0 Å². The van der Waals surface area contributed by atoms with Crippen molar-refractivity contribution in [1.29, 1.82) is 0 Å². The molecule has 0 bridgehead atoms. The van der Waals surface area contributed by atoms with Crippen molar-refractivity contribution < 1.29 is 4.39 Å². The van der Waals surface area contributed by atoms with Gasteiger partial charge in [-0.3, -0.25) is 0 Å². The van der Waals surface area contributed by atoms with Gasteiger partial charge in [0, 0.05) is 19.1 Å². The Kier molecular flexibility index (Phi) is 4.09. The van der Waals surface area contributed by atoms with Gasteiger partial charge in [-0.25, -0.2) is 4.39 Å². The lowest BCUT2D eigenvalue weighted by atomic mass is 9.99. The number of fused-ring (bicyclic) bond motifs is 1. The molecule has 0 saturated carbocycles. The summed E-state index contributed by atoms with van der Waals surface area (Å²) in [4.78, 5) is 0. The monoisotopic (exact) mass is 270 g/mol. The van der Waals surface area contributed by atoms with Crippen LogP contribution < -0.4 is 10.6 Å². The van der Waals surface area contributed by atoms with Crippen LogP contribution in [0.1, 0.15) is 29.2 Å². The molecule has 0 aliphatic carbocycles. The SMILES string of the molecule is Fc1cccc(CNC2CCNCc3ccccc32)c1. The van der Waals surface area contributed by atoms with Gasteiger partial charge in [0.1, 0.15) is 5.82 Å². The molecule has 0 spiro atoms. The summed E-state index contributed by atoms with van der Waals surface area (Å²) in [6, 6.07) is 15.6. The van der Waals surface area contributed by atoms with E-state index in [2.05, 4.69) is 34.9 Å². The van der Waals surface area contributed by atoms with Crippen LogP contribution >= 0.6 is 0 Å². The number of halogens is 1.